The van der Waals surface area contributed by atoms with Gasteiger partial charge in [-0.15, -0.1) is 0 Å². The van der Waals surface area contributed by atoms with E-state index in [-0.39, 0.29) is 18.5 Å². The van der Waals surface area contributed by atoms with E-state index in [0.717, 1.165) is 49.1 Å². The number of benzene rings is 1. The lowest BCUT2D eigenvalue weighted by Gasteiger charge is -2.23. The third-order valence-corrected chi connectivity index (χ3v) is 5.01. The summed E-state index contributed by atoms with van der Waals surface area (Å²) < 4.78 is 2.17. The van der Waals surface area contributed by atoms with E-state index in [1.165, 1.54) is 0 Å². The van der Waals surface area contributed by atoms with E-state index < -0.39 is 5.54 Å². The van der Waals surface area contributed by atoms with E-state index >= 15 is 0 Å². The van der Waals surface area contributed by atoms with Crippen molar-refractivity contribution >= 4 is 16.9 Å². The van der Waals surface area contributed by atoms with Gasteiger partial charge in [-0.2, -0.15) is 5.26 Å². The summed E-state index contributed by atoms with van der Waals surface area (Å²) in [4.78, 5) is 17.0. The second kappa shape index (κ2) is 7.24. The summed E-state index contributed by atoms with van der Waals surface area (Å²) in [6.07, 6.45) is 3.49. The second-order valence-corrected chi connectivity index (χ2v) is 6.75. The molecular weight excluding hydrogens is 314 g/mol. The van der Waals surface area contributed by atoms with E-state index in [1.54, 1.807) is 0 Å². The third-order valence-electron chi connectivity index (χ3n) is 5.01. The van der Waals surface area contributed by atoms with Crippen LogP contribution in [0.1, 0.15) is 51.4 Å². The highest BCUT2D eigenvalue weighted by Crippen LogP contribution is 2.28. The molecule has 1 aromatic carbocycles. The summed E-state index contributed by atoms with van der Waals surface area (Å²) in [5.41, 5.74) is 1.40. The minimum absolute atomic E-state index is 0.0558. The van der Waals surface area contributed by atoms with Gasteiger partial charge in [-0.3, -0.25) is 10.1 Å². The number of fused-ring (bicyclic) bond motifs is 1. The summed E-state index contributed by atoms with van der Waals surface area (Å²) in [6, 6.07) is 10.3. The zero-order valence-corrected chi connectivity index (χ0v) is 14.9. The molecular formula is C19H25N5O. The van der Waals surface area contributed by atoms with E-state index in [9.17, 15) is 10.1 Å². The fraction of sp³-hybridized carbons (Fsp3) is 0.526. The van der Waals surface area contributed by atoms with Crippen molar-refractivity contribution in [2.45, 2.75) is 57.7 Å². The number of hydrogen-bond acceptors (Lipinski definition) is 4. The lowest BCUT2D eigenvalue weighted by atomic mass is 10.00. The van der Waals surface area contributed by atoms with Crippen molar-refractivity contribution in [3.63, 3.8) is 0 Å². The Labute approximate surface area is 148 Å². The number of nitriles is 1. The Hall–Kier alpha value is -2.39. The summed E-state index contributed by atoms with van der Waals surface area (Å²) in [6.45, 7) is 5.10. The number of carbonyl (C=O) groups is 1. The molecule has 1 fully saturated rings. The Morgan fingerprint density at radius 1 is 1.40 bits per heavy atom. The van der Waals surface area contributed by atoms with Gasteiger partial charge in [-0.05, 0) is 51.7 Å². The van der Waals surface area contributed by atoms with Crippen LogP contribution in [0.5, 0.6) is 0 Å². The molecule has 1 heterocycles. The lowest BCUT2D eigenvalue weighted by molar-refractivity contribution is -0.121. The molecule has 0 unspecified atom stereocenters. The first-order valence-electron chi connectivity index (χ1n) is 8.99. The number of imidazole rings is 1. The minimum Gasteiger partial charge on any atom is -0.337 e. The van der Waals surface area contributed by atoms with Crippen molar-refractivity contribution in [3.8, 4) is 6.07 Å². The lowest BCUT2D eigenvalue weighted by Crippen LogP contribution is -2.48. The number of amides is 1. The van der Waals surface area contributed by atoms with Crippen LogP contribution >= 0.6 is 0 Å². The van der Waals surface area contributed by atoms with Gasteiger partial charge in [0.1, 0.15) is 11.4 Å². The van der Waals surface area contributed by atoms with Crippen molar-refractivity contribution in [2.24, 2.45) is 0 Å². The zero-order chi connectivity index (χ0) is 17.9. The Bertz CT molecular complexity index is 798. The first-order valence-corrected chi connectivity index (χ1v) is 8.99. The Morgan fingerprint density at radius 2 is 2.12 bits per heavy atom. The number of aromatic nitrogens is 2. The van der Waals surface area contributed by atoms with Gasteiger partial charge in [0.05, 0.1) is 29.7 Å². The SMILES string of the molecule is CCn1c([C@H](C)NCC(=O)NC2(C#N)CCCC2)nc2ccccc21. The topological polar surface area (TPSA) is 82.7 Å². The van der Waals surface area contributed by atoms with Crippen molar-refractivity contribution in [1.29, 1.82) is 5.26 Å². The standard InChI is InChI=1S/C19H25N5O/c1-3-24-16-9-5-4-8-15(16)22-18(24)14(2)21-12-17(25)23-19(13-20)10-6-7-11-19/h4-5,8-9,14,21H,3,6-7,10-12H2,1-2H3,(H,23,25)/t14-/m0/s1. The quantitative estimate of drug-likeness (QED) is 0.847. The number of rotatable bonds is 6. The first-order chi connectivity index (χ1) is 12.1. The van der Waals surface area contributed by atoms with Crippen LogP contribution in [0, 0.1) is 11.3 Å². The van der Waals surface area contributed by atoms with Gasteiger partial charge < -0.3 is 9.88 Å². The normalized spacial score (nSPS) is 17.3. The molecule has 0 saturated heterocycles. The largest absolute Gasteiger partial charge is 0.337 e. The molecule has 1 aromatic heterocycles. The monoisotopic (exact) mass is 339 g/mol. The molecule has 1 saturated carbocycles. The number of hydrogen-bond donors (Lipinski definition) is 2. The molecule has 0 radical (unpaired) electrons. The van der Waals surface area contributed by atoms with Gasteiger partial charge in [0.15, 0.2) is 0 Å². The molecule has 6 nitrogen and oxygen atoms in total. The van der Waals surface area contributed by atoms with Gasteiger partial charge in [0.25, 0.3) is 0 Å². The van der Waals surface area contributed by atoms with E-state index in [0.29, 0.717) is 0 Å². The fourth-order valence-electron chi connectivity index (χ4n) is 3.65. The van der Waals surface area contributed by atoms with Crippen molar-refractivity contribution in [1.82, 2.24) is 20.2 Å². The molecule has 6 heteroatoms. The summed E-state index contributed by atoms with van der Waals surface area (Å²) in [5.74, 6) is 0.793. The van der Waals surface area contributed by atoms with Crippen LogP contribution in [-0.4, -0.2) is 27.5 Å². The summed E-state index contributed by atoms with van der Waals surface area (Å²) in [7, 11) is 0. The highest BCUT2D eigenvalue weighted by atomic mass is 16.2. The summed E-state index contributed by atoms with van der Waals surface area (Å²) >= 11 is 0. The van der Waals surface area contributed by atoms with Crippen LogP contribution in [0.25, 0.3) is 11.0 Å². The van der Waals surface area contributed by atoms with Crippen LogP contribution < -0.4 is 10.6 Å². The predicted octanol–water partition coefficient (Wildman–Crippen LogP) is 2.66. The first kappa shape index (κ1) is 17.4. The Morgan fingerprint density at radius 3 is 2.80 bits per heavy atom. The molecule has 2 N–H and O–H groups in total. The van der Waals surface area contributed by atoms with E-state index in [4.69, 9.17) is 4.98 Å². The van der Waals surface area contributed by atoms with Crippen molar-refractivity contribution in [2.75, 3.05) is 6.54 Å². The average molecular weight is 339 g/mol. The van der Waals surface area contributed by atoms with E-state index in [1.807, 2.05) is 25.1 Å². The average Bonchev–Trinajstić information content (AvgIpc) is 3.24. The maximum absolute atomic E-state index is 12.3. The third kappa shape index (κ3) is 3.52. The maximum Gasteiger partial charge on any atom is 0.235 e. The van der Waals surface area contributed by atoms with Crippen LogP contribution in [0.15, 0.2) is 24.3 Å². The molecule has 0 aliphatic heterocycles. The van der Waals surface area contributed by atoms with Gasteiger partial charge in [-0.1, -0.05) is 12.1 Å². The predicted molar refractivity (Wildman–Crippen MR) is 96.8 cm³/mol. The minimum atomic E-state index is -0.668. The molecule has 1 amide bonds. The number of para-hydroxylation sites is 2. The van der Waals surface area contributed by atoms with Crippen LogP contribution in [0.4, 0.5) is 0 Å². The van der Waals surface area contributed by atoms with Gasteiger partial charge in [-0.25, -0.2) is 4.98 Å². The summed E-state index contributed by atoms with van der Waals surface area (Å²) in [5, 5.41) is 15.5. The van der Waals surface area contributed by atoms with Crippen molar-refractivity contribution < 1.29 is 4.79 Å². The maximum atomic E-state index is 12.3. The van der Waals surface area contributed by atoms with Gasteiger partial charge >= 0.3 is 0 Å². The smallest absolute Gasteiger partial charge is 0.235 e. The molecule has 2 aromatic rings. The Balaban J connectivity index is 1.66. The number of nitrogens with zero attached hydrogens (tertiary/aromatic N) is 3. The van der Waals surface area contributed by atoms with Gasteiger partial charge in [0, 0.05) is 6.54 Å². The molecule has 25 heavy (non-hydrogen) atoms. The molecule has 1 aliphatic rings. The fourth-order valence-corrected chi connectivity index (χ4v) is 3.65. The number of carbonyl (C=O) groups excluding carboxylic acids is 1. The molecule has 0 bridgehead atoms. The molecule has 132 valence electrons. The molecule has 1 aliphatic carbocycles. The second-order valence-electron chi connectivity index (χ2n) is 6.75. The van der Waals surface area contributed by atoms with Crippen LogP contribution in [0.3, 0.4) is 0 Å². The molecule has 0 spiro atoms. The van der Waals surface area contributed by atoms with Gasteiger partial charge in [0.2, 0.25) is 5.91 Å². The highest BCUT2D eigenvalue weighted by molar-refractivity contribution is 5.79. The molecule has 1 atom stereocenters. The van der Waals surface area contributed by atoms with Crippen molar-refractivity contribution in [3.05, 3.63) is 30.1 Å². The van der Waals surface area contributed by atoms with Crippen LogP contribution in [0.2, 0.25) is 0 Å². The van der Waals surface area contributed by atoms with E-state index in [2.05, 4.69) is 34.3 Å². The zero-order valence-electron chi connectivity index (χ0n) is 14.9. The van der Waals surface area contributed by atoms with Crippen LogP contribution in [-0.2, 0) is 11.3 Å². The Kier molecular flexibility index (Phi) is 5.05. The number of nitrogens with one attached hydrogen (secondary N) is 2. The molecule has 3 rings (SSSR count). The highest BCUT2D eigenvalue weighted by Gasteiger charge is 2.35. The number of aryl methyl sites for hydroxylation is 1.